The zero-order valence-corrected chi connectivity index (χ0v) is 10.3. The number of carbonyl (C=O) groups is 1. The summed E-state index contributed by atoms with van der Waals surface area (Å²) in [5, 5.41) is 0. The number of aromatic nitrogens is 2. The molecule has 2 aromatic heterocycles. The highest BCUT2D eigenvalue weighted by atomic mass is 32.2. The van der Waals surface area contributed by atoms with Gasteiger partial charge in [-0.05, 0) is 12.1 Å². The summed E-state index contributed by atoms with van der Waals surface area (Å²) in [5.74, 6) is 0.478. The van der Waals surface area contributed by atoms with Gasteiger partial charge in [-0.15, -0.1) is 0 Å². The average Bonchev–Trinajstić information content (AvgIpc) is 2.66. The molecule has 6 heteroatoms. The molecule has 0 radical (unpaired) electrons. The second-order valence-electron chi connectivity index (χ2n) is 3.00. The van der Waals surface area contributed by atoms with Gasteiger partial charge in [0.2, 0.25) is 0 Å². The standard InChI is InChI=1S/C10H10N2O2S2/c1-7(13)14-5-6-15-10-12-8-3-2-4-11-9(8)16-10/h2-4H,5-6H2,1H3. The number of nitrogens with zero attached hydrogens (tertiary/aromatic N) is 2. The maximum Gasteiger partial charge on any atom is 0.302 e. The number of carbonyl (C=O) groups excluding carboxylic acids is 1. The Hall–Kier alpha value is -1.14. The summed E-state index contributed by atoms with van der Waals surface area (Å²) >= 11 is 3.13. The molecule has 0 saturated carbocycles. The third-order valence-electron chi connectivity index (χ3n) is 1.76. The van der Waals surface area contributed by atoms with Crippen molar-refractivity contribution >= 4 is 39.4 Å². The molecule has 0 fully saturated rings. The van der Waals surface area contributed by atoms with Crippen LogP contribution in [0.3, 0.4) is 0 Å². The Labute approximate surface area is 101 Å². The van der Waals surface area contributed by atoms with Crippen LogP contribution < -0.4 is 0 Å². The minimum absolute atomic E-state index is 0.244. The summed E-state index contributed by atoms with van der Waals surface area (Å²) in [5.41, 5.74) is 0.919. The second-order valence-corrected chi connectivity index (χ2v) is 5.32. The first-order valence-electron chi connectivity index (χ1n) is 4.73. The van der Waals surface area contributed by atoms with E-state index in [9.17, 15) is 4.79 Å². The lowest BCUT2D eigenvalue weighted by atomic mass is 10.5. The normalized spacial score (nSPS) is 10.6. The number of ether oxygens (including phenoxy) is 1. The molecule has 0 N–H and O–H groups in total. The quantitative estimate of drug-likeness (QED) is 0.476. The van der Waals surface area contributed by atoms with Crippen molar-refractivity contribution in [3.05, 3.63) is 18.3 Å². The number of thiazole rings is 1. The van der Waals surface area contributed by atoms with Crippen molar-refractivity contribution in [3.63, 3.8) is 0 Å². The van der Waals surface area contributed by atoms with Gasteiger partial charge in [0.15, 0.2) is 4.34 Å². The van der Waals surface area contributed by atoms with E-state index in [0.717, 1.165) is 20.4 Å². The smallest absolute Gasteiger partial charge is 0.302 e. The Morgan fingerprint density at radius 3 is 3.25 bits per heavy atom. The molecule has 0 aromatic carbocycles. The predicted octanol–water partition coefficient (Wildman–Crippen LogP) is 2.35. The maximum atomic E-state index is 10.5. The lowest BCUT2D eigenvalue weighted by Gasteiger charge is -1.98. The molecular weight excluding hydrogens is 244 g/mol. The molecule has 16 heavy (non-hydrogen) atoms. The van der Waals surface area contributed by atoms with E-state index in [2.05, 4.69) is 9.97 Å². The molecular formula is C10H10N2O2S2. The van der Waals surface area contributed by atoms with E-state index in [4.69, 9.17) is 4.74 Å². The fourth-order valence-electron chi connectivity index (χ4n) is 1.13. The van der Waals surface area contributed by atoms with Gasteiger partial charge < -0.3 is 4.74 Å². The van der Waals surface area contributed by atoms with E-state index < -0.39 is 0 Å². The molecule has 84 valence electrons. The zero-order valence-electron chi connectivity index (χ0n) is 8.67. The van der Waals surface area contributed by atoms with E-state index >= 15 is 0 Å². The average molecular weight is 254 g/mol. The zero-order chi connectivity index (χ0) is 11.4. The van der Waals surface area contributed by atoms with Crippen LogP contribution >= 0.6 is 23.1 Å². The number of hydrogen-bond donors (Lipinski definition) is 0. The highest BCUT2D eigenvalue weighted by Gasteiger charge is 2.04. The fraction of sp³-hybridized carbons (Fsp3) is 0.300. The minimum atomic E-state index is -0.244. The maximum absolute atomic E-state index is 10.5. The Bertz CT molecular complexity index is 465. The van der Waals surface area contributed by atoms with Gasteiger partial charge in [0.1, 0.15) is 17.0 Å². The van der Waals surface area contributed by atoms with Gasteiger partial charge in [-0.1, -0.05) is 23.1 Å². The summed E-state index contributed by atoms with van der Waals surface area (Å²) in [6.07, 6.45) is 1.76. The lowest BCUT2D eigenvalue weighted by Crippen LogP contribution is -2.02. The number of pyridine rings is 1. The van der Waals surface area contributed by atoms with Crippen molar-refractivity contribution < 1.29 is 9.53 Å². The molecule has 0 bridgehead atoms. The minimum Gasteiger partial charge on any atom is -0.465 e. The largest absolute Gasteiger partial charge is 0.465 e. The van der Waals surface area contributed by atoms with Crippen LogP contribution in [0.25, 0.3) is 10.3 Å². The van der Waals surface area contributed by atoms with Crippen LogP contribution in [0.5, 0.6) is 0 Å². The van der Waals surface area contributed by atoms with Gasteiger partial charge in [-0.3, -0.25) is 4.79 Å². The number of thioether (sulfide) groups is 1. The number of hydrogen-bond acceptors (Lipinski definition) is 6. The van der Waals surface area contributed by atoms with Crippen molar-refractivity contribution in [2.45, 2.75) is 11.3 Å². The monoisotopic (exact) mass is 254 g/mol. The summed E-state index contributed by atoms with van der Waals surface area (Å²) < 4.78 is 5.80. The van der Waals surface area contributed by atoms with Crippen LogP contribution in [0.15, 0.2) is 22.7 Å². The van der Waals surface area contributed by atoms with Crippen molar-refractivity contribution in [1.82, 2.24) is 9.97 Å². The molecule has 0 aliphatic rings. The molecule has 4 nitrogen and oxygen atoms in total. The summed E-state index contributed by atoms with van der Waals surface area (Å²) in [6.45, 7) is 1.83. The fourth-order valence-corrected chi connectivity index (χ4v) is 2.99. The van der Waals surface area contributed by atoms with Crippen molar-refractivity contribution in [2.24, 2.45) is 0 Å². The van der Waals surface area contributed by atoms with Crippen LogP contribution in [0, 0.1) is 0 Å². The Kier molecular flexibility index (Phi) is 3.74. The molecule has 0 spiro atoms. The van der Waals surface area contributed by atoms with Crippen LogP contribution in [0.4, 0.5) is 0 Å². The van der Waals surface area contributed by atoms with E-state index in [1.54, 1.807) is 29.3 Å². The van der Waals surface area contributed by atoms with Gasteiger partial charge in [0, 0.05) is 18.9 Å². The van der Waals surface area contributed by atoms with Crippen molar-refractivity contribution in [2.75, 3.05) is 12.4 Å². The van der Waals surface area contributed by atoms with E-state index in [1.165, 1.54) is 6.92 Å². The first-order valence-corrected chi connectivity index (χ1v) is 6.53. The number of rotatable bonds is 4. The highest BCUT2D eigenvalue weighted by molar-refractivity contribution is 8.01. The van der Waals surface area contributed by atoms with E-state index in [-0.39, 0.29) is 5.97 Å². The third kappa shape index (κ3) is 2.93. The highest BCUT2D eigenvalue weighted by Crippen LogP contribution is 2.27. The Balaban J connectivity index is 1.92. The van der Waals surface area contributed by atoms with Crippen LogP contribution in [0.1, 0.15) is 6.92 Å². The molecule has 0 aliphatic carbocycles. The van der Waals surface area contributed by atoms with Crippen molar-refractivity contribution in [3.8, 4) is 0 Å². The van der Waals surface area contributed by atoms with Crippen LogP contribution in [-0.4, -0.2) is 28.3 Å². The lowest BCUT2D eigenvalue weighted by molar-refractivity contribution is -0.140. The molecule has 2 aromatic rings. The van der Waals surface area contributed by atoms with Gasteiger partial charge in [-0.2, -0.15) is 0 Å². The topological polar surface area (TPSA) is 52.1 Å². The molecule has 0 aliphatic heterocycles. The van der Waals surface area contributed by atoms with Crippen LogP contribution in [0.2, 0.25) is 0 Å². The number of fused-ring (bicyclic) bond motifs is 1. The summed E-state index contributed by atoms with van der Waals surface area (Å²) in [7, 11) is 0. The number of esters is 1. The summed E-state index contributed by atoms with van der Waals surface area (Å²) in [4.78, 5) is 20.1. The first-order chi connectivity index (χ1) is 7.75. The molecule has 0 unspecified atom stereocenters. The molecule has 0 atom stereocenters. The Morgan fingerprint density at radius 2 is 2.50 bits per heavy atom. The third-order valence-corrected chi connectivity index (χ3v) is 3.85. The molecule has 2 rings (SSSR count). The van der Waals surface area contributed by atoms with Gasteiger partial charge in [-0.25, -0.2) is 9.97 Å². The summed E-state index contributed by atoms with van der Waals surface area (Å²) in [6, 6.07) is 3.81. The SMILES string of the molecule is CC(=O)OCCSc1nc2cccnc2s1. The first kappa shape index (κ1) is 11.3. The van der Waals surface area contributed by atoms with Crippen LogP contribution in [-0.2, 0) is 9.53 Å². The van der Waals surface area contributed by atoms with Crippen molar-refractivity contribution in [1.29, 1.82) is 0 Å². The molecule has 0 saturated heterocycles. The molecule has 2 heterocycles. The Morgan fingerprint density at radius 1 is 1.62 bits per heavy atom. The van der Waals surface area contributed by atoms with E-state index in [1.807, 2.05) is 12.1 Å². The van der Waals surface area contributed by atoms with Gasteiger partial charge >= 0.3 is 5.97 Å². The van der Waals surface area contributed by atoms with Gasteiger partial charge in [0.05, 0.1) is 0 Å². The van der Waals surface area contributed by atoms with Gasteiger partial charge in [0.25, 0.3) is 0 Å². The predicted molar refractivity (Wildman–Crippen MR) is 64.8 cm³/mol. The van der Waals surface area contributed by atoms with E-state index in [0.29, 0.717) is 6.61 Å². The second kappa shape index (κ2) is 5.27. The molecule has 0 amide bonds.